The van der Waals surface area contributed by atoms with Crippen LogP contribution in [0.15, 0.2) is 23.3 Å². The topological polar surface area (TPSA) is 93.1 Å². The fourth-order valence-corrected chi connectivity index (χ4v) is 6.31. The average molecular weight is 421 g/mol. The quantitative estimate of drug-likeness (QED) is 0.526. The third kappa shape index (κ3) is 3.62. The molecule has 3 rings (SSSR count). The van der Waals surface area contributed by atoms with Crippen LogP contribution in [0.1, 0.15) is 67.2 Å². The van der Waals surface area contributed by atoms with E-state index in [2.05, 4.69) is 27.4 Å². The van der Waals surface area contributed by atoms with Crippen LogP contribution in [0.3, 0.4) is 0 Å². The minimum Gasteiger partial charge on any atom is -0.458 e. The van der Waals surface area contributed by atoms with E-state index < -0.39 is 41.8 Å². The zero-order valence-electron chi connectivity index (χ0n) is 19.0. The van der Waals surface area contributed by atoms with Gasteiger partial charge in [-0.05, 0) is 66.6 Å². The van der Waals surface area contributed by atoms with Crippen molar-refractivity contribution < 1.29 is 29.3 Å². The molecule has 2 saturated carbocycles. The Morgan fingerprint density at radius 3 is 2.20 bits per heavy atom. The molecule has 0 radical (unpaired) electrons. The van der Waals surface area contributed by atoms with Crippen LogP contribution in [0.5, 0.6) is 0 Å². The Balaban J connectivity index is 2.28. The Bertz CT molecular complexity index is 781. The number of ether oxygens (including phenoxy) is 2. The lowest BCUT2D eigenvalue weighted by molar-refractivity contribution is -0.185. The van der Waals surface area contributed by atoms with Crippen LogP contribution in [-0.4, -0.2) is 46.6 Å². The summed E-state index contributed by atoms with van der Waals surface area (Å²) in [5.41, 5.74) is 1.44. The van der Waals surface area contributed by atoms with E-state index in [0.29, 0.717) is 19.3 Å². The van der Waals surface area contributed by atoms with Gasteiger partial charge in [0, 0.05) is 19.3 Å². The minimum atomic E-state index is -0.797. The van der Waals surface area contributed by atoms with Gasteiger partial charge in [-0.3, -0.25) is 9.59 Å². The second-order valence-electron chi connectivity index (χ2n) is 10.3. The summed E-state index contributed by atoms with van der Waals surface area (Å²) in [6.07, 6.45) is -0.332. The summed E-state index contributed by atoms with van der Waals surface area (Å²) in [7, 11) is 0. The third-order valence-corrected chi connectivity index (χ3v) is 8.09. The molecular weight excluding hydrogens is 384 g/mol. The van der Waals surface area contributed by atoms with E-state index >= 15 is 0 Å². The molecule has 0 amide bonds. The normalized spacial score (nSPS) is 40.7. The van der Waals surface area contributed by atoms with Gasteiger partial charge in [0.25, 0.3) is 0 Å². The molecule has 0 saturated heterocycles. The summed E-state index contributed by atoms with van der Waals surface area (Å²) in [5.74, 6) is -0.923. The van der Waals surface area contributed by atoms with Crippen molar-refractivity contribution in [3.8, 4) is 0 Å². The molecule has 6 heteroatoms. The number of aliphatic hydroxyl groups is 2. The van der Waals surface area contributed by atoms with Gasteiger partial charge in [-0.15, -0.1) is 0 Å². The van der Waals surface area contributed by atoms with Crippen molar-refractivity contribution in [2.75, 3.05) is 0 Å². The Kier molecular flexibility index (Phi) is 5.98. The van der Waals surface area contributed by atoms with E-state index in [1.807, 2.05) is 6.92 Å². The monoisotopic (exact) mass is 420 g/mol. The van der Waals surface area contributed by atoms with Crippen molar-refractivity contribution in [1.82, 2.24) is 0 Å². The van der Waals surface area contributed by atoms with Crippen LogP contribution in [-0.2, 0) is 19.1 Å². The number of carbonyl (C=O) groups excluding carboxylic acids is 2. The molecule has 2 fully saturated rings. The number of aliphatic hydroxyl groups excluding tert-OH is 2. The maximum absolute atomic E-state index is 12.2. The predicted molar refractivity (Wildman–Crippen MR) is 112 cm³/mol. The number of fused-ring (bicyclic) bond motifs is 3. The van der Waals surface area contributed by atoms with Crippen LogP contribution in [0, 0.1) is 22.7 Å². The Hall–Kier alpha value is -1.66. The number of hydrogen-bond acceptors (Lipinski definition) is 6. The molecule has 7 atom stereocenters. The highest BCUT2D eigenvalue weighted by Crippen LogP contribution is 2.59. The Morgan fingerprint density at radius 2 is 1.63 bits per heavy atom. The third-order valence-electron chi connectivity index (χ3n) is 8.09. The molecule has 6 nitrogen and oxygen atoms in total. The van der Waals surface area contributed by atoms with E-state index in [1.54, 1.807) is 0 Å². The fraction of sp³-hybridized carbons (Fsp3) is 0.750. The Morgan fingerprint density at radius 1 is 1.03 bits per heavy atom. The molecule has 0 aliphatic heterocycles. The lowest BCUT2D eigenvalue weighted by Crippen LogP contribution is -2.59. The van der Waals surface area contributed by atoms with Crippen LogP contribution >= 0.6 is 0 Å². The summed E-state index contributed by atoms with van der Waals surface area (Å²) in [6.45, 7) is 15.1. The molecule has 0 aromatic heterocycles. The molecule has 0 aromatic carbocycles. The smallest absolute Gasteiger partial charge is 0.303 e. The molecule has 2 bridgehead atoms. The number of esters is 2. The van der Waals surface area contributed by atoms with Gasteiger partial charge >= 0.3 is 11.9 Å². The summed E-state index contributed by atoms with van der Waals surface area (Å²) in [4.78, 5) is 24.4. The lowest BCUT2D eigenvalue weighted by Gasteiger charge is -2.57. The second kappa shape index (κ2) is 7.79. The van der Waals surface area contributed by atoms with E-state index in [9.17, 15) is 19.8 Å². The van der Waals surface area contributed by atoms with E-state index in [-0.39, 0.29) is 17.3 Å². The van der Waals surface area contributed by atoms with E-state index in [1.165, 1.54) is 13.8 Å². The molecule has 0 heterocycles. The van der Waals surface area contributed by atoms with Gasteiger partial charge in [-0.1, -0.05) is 27.4 Å². The number of rotatable bonds is 2. The molecule has 3 aliphatic carbocycles. The van der Waals surface area contributed by atoms with E-state index in [4.69, 9.17) is 9.47 Å². The van der Waals surface area contributed by atoms with Gasteiger partial charge in [0.05, 0.1) is 12.2 Å². The lowest BCUT2D eigenvalue weighted by atomic mass is 9.50. The first-order valence-corrected chi connectivity index (χ1v) is 10.9. The van der Waals surface area contributed by atoms with Gasteiger partial charge in [0.2, 0.25) is 0 Å². The second-order valence-corrected chi connectivity index (χ2v) is 10.3. The van der Waals surface area contributed by atoms with Crippen molar-refractivity contribution in [3.63, 3.8) is 0 Å². The maximum atomic E-state index is 12.2. The summed E-state index contributed by atoms with van der Waals surface area (Å²) in [6, 6.07) is 0. The van der Waals surface area contributed by atoms with Gasteiger partial charge in [0.1, 0.15) is 6.10 Å². The van der Waals surface area contributed by atoms with Crippen LogP contribution in [0.2, 0.25) is 0 Å². The predicted octanol–water partition coefficient (Wildman–Crippen LogP) is 3.31. The highest BCUT2D eigenvalue weighted by molar-refractivity contribution is 5.68. The fourth-order valence-electron chi connectivity index (χ4n) is 6.31. The van der Waals surface area contributed by atoms with Crippen molar-refractivity contribution in [2.45, 2.75) is 91.6 Å². The zero-order chi connectivity index (χ0) is 22.6. The minimum absolute atomic E-state index is 0.105. The van der Waals surface area contributed by atoms with Gasteiger partial charge < -0.3 is 19.7 Å². The molecular formula is C24H36O6. The molecule has 2 N–H and O–H groups in total. The van der Waals surface area contributed by atoms with Gasteiger partial charge in [-0.2, -0.15) is 0 Å². The van der Waals surface area contributed by atoms with Crippen LogP contribution < -0.4 is 0 Å². The average Bonchev–Trinajstić information content (AvgIpc) is 2.62. The molecule has 0 aromatic rings. The van der Waals surface area contributed by atoms with Crippen molar-refractivity contribution in [1.29, 1.82) is 0 Å². The molecule has 3 aliphatic rings. The van der Waals surface area contributed by atoms with Crippen molar-refractivity contribution in [2.24, 2.45) is 22.7 Å². The van der Waals surface area contributed by atoms with Gasteiger partial charge in [-0.25, -0.2) is 0 Å². The zero-order valence-corrected chi connectivity index (χ0v) is 19.0. The Labute approximate surface area is 179 Å². The summed E-state index contributed by atoms with van der Waals surface area (Å²) >= 11 is 0. The number of hydrogen-bond donors (Lipinski definition) is 2. The maximum Gasteiger partial charge on any atom is 0.303 e. The first-order chi connectivity index (χ1) is 13.8. The molecule has 0 spiro atoms. The first-order valence-electron chi connectivity index (χ1n) is 10.9. The van der Waals surface area contributed by atoms with Crippen LogP contribution in [0.25, 0.3) is 0 Å². The molecule has 30 heavy (non-hydrogen) atoms. The van der Waals surface area contributed by atoms with Crippen LogP contribution in [0.4, 0.5) is 0 Å². The first kappa shape index (κ1) is 23.0. The highest BCUT2D eigenvalue weighted by Gasteiger charge is 2.59. The van der Waals surface area contributed by atoms with E-state index in [0.717, 1.165) is 23.1 Å². The largest absolute Gasteiger partial charge is 0.458 e. The molecule has 168 valence electrons. The van der Waals surface area contributed by atoms with Crippen molar-refractivity contribution in [3.05, 3.63) is 23.3 Å². The SMILES string of the molecule is C=C1[C@H]2CC3C[C@H](O)C(C)=C([C@@H](OC(C)=O)[C@H](OC(C)=O)[C@]2(C)CC[C@@H]1O)C3(C)C. The standard InChI is InChI=1S/C24H36O6/c1-12-17-10-16-11-19(28)13(2)20(23(16,5)6)21(29-14(3)25)22(30-15(4)26)24(17,7)9-8-18(12)27/h16-19,21-22,27-28H,1,8-11H2,2-7H3/t16?,17-,18+,19+,21-,22+,24-/m1/s1. The molecule has 1 unspecified atom stereocenters. The summed E-state index contributed by atoms with van der Waals surface area (Å²) < 4.78 is 11.8. The van der Waals surface area contributed by atoms with Gasteiger partial charge in [0.15, 0.2) is 6.10 Å². The van der Waals surface area contributed by atoms with Crippen molar-refractivity contribution >= 4 is 11.9 Å². The summed E-state index contributed by atoms with van der Waals surface area (Å²) in [5, 5.41) is 21.4. The highest BCUT2D eigenvalue weighted by atomic mass is 16.6. The number of carbonyl (C=O) groups is 2.